The Balaban J connectivity index is 1.78. The maximum absolute atomic E-state index is 5.98. The Morgan fingerprint density at radius 3 is 2.84 bits per heavy atom. The van der Waals surface area contributed by atoms with Gasteiger partial charge in [0.25, 0.3) is 0 Å². The first-order valence-corrected chi connectivity index (χ1v) is 9.45. The molecule has 1 N–H and O–H groups in total. The molecule has 0 bridgehead atoms. The summed E-state index contributed by atoms with van der Waals surface area (Å²) in [5.74, 6) is 1.46. The number of aliphatic imine (C=N–C) groups is 1. The first-order chi connectivity index (χ1) is 12.3. The number of rotatable bonds is 9. The summed E-state index contributed by atoms with van der Waals surface area (Å²) < 4.78 is 5.98. The van der Waals surface area contributed by atoms with E-state index in [2.05, 4.69) is 59.2 Å². The summed E-state index contributed by atoms with van der Waals surface area (Å²) in [5, 5.41) is 3.54. The highest BCUT2D eigenvalue weighted by Gasteiger charge is 2.29. The van der Waals surface area contributed by atoms with Crippen LogP contribution in [-0.4, -0.2) is 44.7 Å². The number of ether oxygens (including phenoxy) is 1. The molecule has 25 heavy (non-hydrogen) atoms. The molecule has 2 unspecified atom stereocenters. The second-order valence-electron chi connectivity index (χ2n) is 6.74. The van der Waals surface area contributed by atoms with E-state index < -0.39 is 0 Å². The molecule has 0 radical (unpaired) electrons. The molecule has 0 aliphatic carbocycles. The quantitative estimate of drug-likeness (QED) is 0.318. The zero-order valence-electron chi connectivity index (χ0n) is 15.8. The Bertz CT molecular complexity index is 529. The lowest BCUT2D eigenvalue weighted by Crippen LogP contribution is -2.41. The van der Waals surface area contributed by atoms with Gasteiger partial charge in [0.15, 0.2) is 5.96 Å². The van der Waals surface area contributed by atoms with E-state index in [0.717, 1.165) is 38.5 Å². The third-order valence-electron chi connectivity index (χ3n) is 4.84. The molecule has 1 aliphatic rings. The Labute approximate surface area is 153 Å². The van der Waals surface area contributed by atoms with E-state index in [-0.39, 0.29) is 6.10 Å². The highest BCUT2D eigenvalue weighted by atomic mass is 16.5. The van der Waals surface area contributed by atoms with Crippen LogP contribution in [0.5, 0.6) is 0 Å². The minimum absolute atomic E-state index is 0.191. The Hall–Kier alpha value is -1.81. The molecular weight excluding hydrogens is 310 g/mol. The molecule has 0 spiro atoms. The predicted octanol–water partition coefficient (Wildman–Crippen LogP) is 4.02. The van der Waals surface area contributed by atoms with E-state index in [4.69, 9.17) is 4.74 Å². The second-order valence-corrected chi connectivity index (χ2v) is 6.74. The van der Waals surface area contributed by atoms with E-state index in [1.54, 1.807) is 0 Å². The Morgan fingerprint density at radius 1 is 1.32 bits per heavy atom. The predicted molar refractivity (Wildman–Crippen MR) is 106 cm³/mol. The van der Waals surface area contributed by atoms with E-state index >= 15 is 0 Å². The van der Waals surface area contributed by atoms with Gasteiger partial charge in [-0.3, -0.25) is 4.99 Å². The summed E-state index contributed by atoms with van der Waals surface area (Å²) in [4.78, 5) is 6.66. The van der Waals surface area contributed by atoms with Gasteiger partial charge in [0.1, 0.15) is 0 Å². The van der Waals surface area contributed by atoms with Crippen molar-refractivity contribution >= 4 is 5.96 Å². The number of guanidine groups is 1. The maximum Gasteiger partial charge on any atom is 0.193 e. The summed E-state index contributed by atoms with van der Waals surface area (Å²) in [6.07, 6.45) is 8.03. The first kappa shape index (κ1) is 19.5. The number of hydrogen-bond donors (Lipinski definition) is 1. The molecule has 2 atom stereocenters. The molecule has 0 amide bonds. The van der Waals surface area contributed by atoms with Crippen LogP contribution in [0.2, 0.25) is 0 Å². The van der Waals surface area contributed by atoms with Crippen molar-refractivity contribution < 1.29 is 4.74 Å². The highest BCUT2D eigenvalue weighted by molar-refractivity contribution is 5.79. The summed E-state index contributed by atoms with van der Waals surface area (Å²) in [5.41, 5.74) is 1.28. The fourth-order valence-corrected chi connectivity index (χ4v) is 3.38. The average Bonchev–Trinajstić information content (AvgIpc) is 3.11. The molecule has 1 aromatic carbocycles. The lowest BCUT2D eigenvalue weighted by atomic mass is 9.95. The molecule has 4 nitrogen and oxygen atoms in total. The van der Waals surface area contributed by atoms with E-state index in [9.17, 15) is 0 Å². The maximum atomic E-state index is 5.98. The summed E-state index contributed by atoms with van der Waals surface area (Å²) >= 11 is 0. The van der Waals surface area contributed by atoms with Crippen LogP contribution in [0.25, 0.3) is 0 Å². The van der Waals surface area contributed by atoms with Gasteiger partial charge in [0.05, 0.1) is 6.10 Å². The van der Waals surface area contributed by atoms with E-state index in [1.165, 1.54) is 24.8 Å². The minimum Gasteiger partial charge on any atom is -0.373 e. The van der Waals surface area contributed by atoms with Gasteiger partial charge in [0, 0.05) is 39.7 Å². The molecule has 1 aliphatic heterocycles. The van der Waals surface area contributed by atoms with Crippen molar-refractivity contribution in [1.82, 2.24) is 10.2 Å². The van der Waals surface area contributed by atoms with Gasteiger partial charge in [-0.1, -0.05) is 42.8 Å². The first-order valence-electron chi connectivity index (χ1n) is 9.45. The third-order valence-corrected chi connectivity index (χ3v) is 4.84. The molecule has 1 fully saturated rings. The van der Waals surface area contributed by atoms with Crippen LogP contribution in [0.3, 0.4) is 0 Å². The lowest BCUT2D eigenvalue weighted by Gasteiger charge is -2.25. The van der Waals surface area contributed by atoms with Crippen LogP contribution in [0.15, 0.2) is 48.0 Å². The fourth-order valence-electron chi connectivity index (χ4n) is 3.38. The van der Waals surface area contributed by atoms with Crippen molar-refractivity contribution in [2.24, 2.45) is 10.9 Å². The van der Waals surface area contributed by atoms with Crippen LogP contribution < -0.4 is 5.32 Å². The van der Waals surface area contributed by atoms with Gasteiger partial charge >= 0.3 is 0 Å². The van der Waals surface area contributed by atoms with Gasteiger partial charge in [-0.15, -0.1) is 6.58 Å². The molecule has 2 rings (SSSR count). The minimum atomic E-state index is 0.191. The third kappa shape index (κ3) is 6.20. The van der Waals surface area contributed by atoms with Gasteiger partial charge in [-0.25, -0.2) is 0 Å². The second kappa shape index (κ2) is 10.9. The van der Waals surface area contributed by atoms with Crippen LogP contribution in [-0.2, 0) is 4.74 Å². The van der Waals surface area contributed by atoms with Crippen molar-refractivity contribution in [1.29, 1.82) is 0 Å². The summed E-state index contributed by atoms with van der Waals surface area (Å²) in [7, 11) is 3.97. The van der Waals surface area contributed by atoms with Crippen molar-refractivity contribution in [3.63, 3.8) is 0 Å². The zero-order valence-corrected chi connectivity index (χ0v) is 15.8. The number of benzene rings is 1. The number of hydrogen-bond acceptors (Lipinski definition) is 2. The number of nitrogens with zero attached hydrogens (tertiary/aromatic N) is 2. The summed E-state index contributed by atoms with van der Waals surface area (Å²) in [6.45, 7) is 6.54. The Morgan fingerprint density at radius 2 is 2.12 bits per heavy atom. The molecule has 0 aromatic heterocycles. The van der Waals surface area contributed by atoms with E-state index in [1.807, 2.05) is 13.1 Å². The van der Waals surface area contributed by atoms with Crippen molar-refractivity contribution in [3.8, 4) is 0 Å². The Kier molecular flexibility index (Phi) is 8.53. The number of nitrogens with one attached hydrogen (secondary N) is 1. The SMILES string of the molecule is C=CCCCCCN(C)C(=NC)NCC1CCOC1c1ccccc1. The molecular formula is C21H33N3O. The van der Waals surface area contributed by atoms with Gasteiger partial charge < -0.3 is 15.0 Å². The van der Waals surface area contributed by atoms with Gasteiger partial charge in [-0.05, 0) is 31.2 Å². The molecule has 1 saturated heterocycles. The van der Waals surface area contributed by atoms with Crippen molar-refractivity contribution in [3.05, 3.63) is 48.6 Å². The number of unbranched alkanes of at least 4 members (excludes halogenated alkanes) is 3. The lowest BCUT2D eigenvalue weighted by molar-refractivity contribution is 0.0914. The van der Waals surface area contributed by atoms with Gasteiger partial charge in [-0.2, -0.15) is 0 Å². The highest BCUT2D eigenvalue weighted by Crippen LogP contribution is 2.33. The van der Waals surface area contributed by atoms with Crippen LogP contribution >= 0.6 is 0 Å². The molecule has 1 heterocycles. The smallest absolute Gasteiger partial charge is 0.193 e. The van der Waals surface area contributed by atoms with Crippen LogP contribution in [0, 0.1) is 5.92 Å². The van der Waals surface area contributed by atoms with Crippen LogP contribution in [0.4, 0.5) is 0 Å². The molecule has 138 valence electrons. The van der Waals surface area contributed by atoms with E-state index in [0.29, 0.717) is 5.92 Å². The van der Waals surface area contributed by atoms with Crippen molar-refractivity contribution in [2.75, 3.05) is 33.8 Å². The molecule has 4 heteroatoms. The number of allylic oxidation sites excluding steroid dienone is 1. The van der Waals surface area contributed by atoms with Gasteiger partial charge in [0.2, 0.25) is 0 Å². The van der Waals surface area contributed by atoms with Crippen LogP contribution in [0.1, 0.15) is 43.8 Å². The fraction of sp³-hybridized carbons (Fsp3) is 0.571. The molecule has 1 aromatic rings. The molecule has 0 saturated carbocycles. The largest absolute Gasteiger partial charge is 0.373 e. The average molecular weight is 344 g/mol. The monoisotopic (exact) mass is 343 g/mol. The standard InChI is InChI=1S/C21H33N3O/c1-4-5-6-7-11-15-24(3)21(22-2)23-17-19-14-16-25-20(19)18-12-9-8-10-13-18/h4,8-10,12-13,19-20H,1,5-7,11,14-17H2,2-3H3,(H,22,23). The topological polar surface area (TPSA) is 36.9 Å². The summed E-state index contributed by atoms with van der Waals surface area (Å²) in [6, 6.07) is 10.5. The normalized spacial score (nSPS) is 20.5. The van der Waals surface area contributed by atoms with Crippen molar-refractivity contribution in [2.45, 2.75) is 38.2 Å². The zero-order chi connectivity index (χ0) is 17.9.